The molecule has 1 aromatic carbocycles. The molecule has 1 rings (SSSR count). The fourth-order valence-electron chi connectivity index (χ4n) is 1.01. The maximum Gasteiger partial charge on any atom is 0.378 e. The number of carbonyl (C=O) groups excluding carboxylic acids is 1. The van der Waals surface area contributed by atoms with Gasteiger partial charge in [-0.3, -0.25) is 15.0 Å². The largest absolute Gasteiger partial charge is 0.398 e. The maximum atomic E-state index is 11.1. The number of nitro benzene ring substituents is 1. The second kappa shape index (κ2) is 4.13. The van der Waals surface area contributed by atoms with Gasteiger partial charge in [-0.1, -0.05) is 6.07 Å². The zero-order chi connectivity index (χ0) is 11.4. The van der Waals surface area contributed by atoms with E-state index in [0.717, 1.165) is 6.07 Å². The second-order valence-electron chi connectivity index (χ2n) is 2.45. The number of benzene rings is 1. The molecule has 0 spiro atoms. The lowest BCUT2D eigenvalue weighted by Crippen LogP contribution is -2.08. The van der Waals surface area contributed by atoms with Crippen molar-refractivity contribution >= 4 is 17.3 Å². The summed E-state index contributed by atoms with van der Waals surface area (Å²) in [6.45, 7) is 0. The van der Waals surface area contributed by atoms with Crippen LogP contribution < -0.4 is 5.73 Å². The van der Waals surface area contributed by atoms with Crippen LogP contribution in [-0.4, -0.2) is 10.9 Å². The fourth-order valence-corrected chi connectivity index (χ4v) is 1.01. The molecule has 0 aromatic heterocycles. The highest BCUT2D eigenvalue weighted by atomic mass is 16.7. The van der Waals surface area contributed by atoms with Crippen LogP contribution in [0, 0.1) is 15.0 Å². The van der Waals surface area contributed by atoms with E-state index in [1.165, 1.54) is 12.1 Å². The van der Waals surface area contributed by atoms with E-state index in [1.54, 1.807) is 0 Å². The number of rotatable bonds is 3. The van der Waals surface area contributed by atoms with Crippen molar-refractivity contribution in [3.8, 4) is 0 Å². The van der Waals surface area contributed by atoms with Gasteiger partial charge in [0.1, 0.15) is 0 Å². The molecule has 8 heteroatoms. The van der Waals surface area contributed by atoms with Crippen molar-refractivity contribution in [2.45, 2.75) is 0 Å². The highest BCUT2D eigenvalue weighted by molar-refractivity contribution is 5.99. The average molecular weight is 211 g/mol. The predicted molar refractivity (Wildman–Crippen MR) is 48.7 cm³/mol. The summed E-state index contributed by atoms with van der Waals surface area (Å²) in [5, 5.41) is 12.4. The van der Waals surface area contributed by atoms with E-state index >= 15 is 0 Å². The van der Waals surface area contributed by atoms with Crippen LogP contribution in [0.25, 0.3) is 0 Å². The van der Waals surface area contributed by atoms with E-state index in [2.05, 4.69) is 4.84 Å². The van der Waals surface area contributed by atoms with Crippen molar-refractivity contribution in [3.63, 3.8) is 0 Å². The quantitative estimate of drug-likeness (QED) is 0.344. The lowest BCUT2D eigenvalue weighted by Gasteiger charge is -2.01. The standard InChI is InChI=1S/C7H5N3O5/c8-4-2-1-3-5(10(13)14)6(4)7(11)15-9-12/h1-3H,8H2. The first-order valence-electron chi connectivity index (χ1n) is 3.64. The van der Waals surface area contributed by atoms with Gasteiger partial charge >= 0.3 is 5.97 Å². The van der Waals surface area contributed by atoms with E-state index in [9.17, 15) is 19.8 Å². The smallest absolute Gasteiger partial charge is 0.378 e. The van der Waals surface area contributed by atoms with Crippen LogP contribution >= 0.6 is 0 Å². The van der Waals surface area contributed by atoms with E-state index in [4.69, 9.17) is 5.73 Å². The Kier molecular flexibility index (Phi) is 2.91. The molecule has 0 bridgehead atoms. The van der Waals surface area contributed by atoms with Crippen LogP contribution in [0.4, 0.5) is 11.4 Å². The molecule has 2 N–H and O–H groups in total. The van der Waals surface area contributed by atoms with Crippen molar-refractivity contribution in [1.29, 1.82) is 0 Å². The second-order valence-corrected chi connectivity index (χ2v) is 2.45. The topological polar surface area (TPSA) is 125 Å². The van der Waals surface area contributed by atoms with Crippen LogP contribution in [-0.2, 0) is 4.84 Å². The average Bonchev–Trinajstić information content (AvgIpc) is 2.17. The summed E-state index contributed by atoms with van der Waals surface area (Å²) in [5.41, 5.74) is 4.16. The maximum absolute atomic E-state index is 11.1. The SMILES string of the molecule is Nc1cccc([N+](=O)[O-])c1C(=O)ON=O. The van der Waals surface area contributed by atoms with Gasteiger partial charge in [0.2, 0.25) is 0 Å². The molecule has 0 heterocycles. The Morgan fingerprint density at radius 3 is 2.73 bits per heavy atom. The minimum absolute atomic E-state index is 0.155. The number of nitrogens with zero attached hydrogens (tertiary/aromatic N) is 2. The van der Waals surface area contributed by atoms with Crippen LogP contribution in [0.2, 0.25) is 0 Å². The van der Waals surface area contributed by atoms with Gasteiger partial charge in [-0.25, -0.2) is 4.79 Å². The van der Waals surface area contributed by atoms with Crippen molar-refractivity contribution in [1.82, 2.24) is 0 Å². The highest BCUT2D eigenvalue weighted by Crippen LogP contribution is 2.24. The van der Waals surface area contributed by atoms with Gasteiger partial charge in [-0.2, -0.15) is 0 Å². The summed E-state index contributed by atoms with van der Waals surface area (Å²) in [6.07, 6.45) is 0. The zero-order valence-electron chi connectivity index (χ0n) is 7.25. The minimum Gasteiger partial charge on any atom is -0.398 e. The molecule has 0 aliphatic carbocycles. The zero-order valence-corrected chi connectivity index (χ0v) is 7.25. The fraction of sp³-hybridized carbons (Fsp3) is 0. The Hall–Kier alpha value is -2.51. The Morgan fingerprint density at radius 2 is 2.20 bits per heavy atom. The van der Waals surface area contributed by atoms with Gasteiger partial charge in [-0.15, -0.1) is 4.91 Å². The molecule has 0 amide bonds. The molecule has 0 unspecified atom stereocenters. The van der Waals surface area contributed by atoms with Crippen LogP contribution in [0.15, 0.2) is 23.5 Å². The first kappa shape index (κ1) is 10.6. The van der Waals surface area contributed by atoms with Gasteiger partial charge in [0, 0.05) is 6.07 Å². The number of hydrogen-bond acceptors (Lipinski definition) is 7. The lowest BCUT2D eigenvalue weighted by atomic mass is 10.1. The number of nitrogen functional groups attached to an aromatic ring is 1. The van der Waals surface area contributed by atoms with E-state index in [0.29, 0.717) is 0 Å². The third-order valence-corrected chi connectivity index (χ3v) is 1.60. The van der Waals surface area contributed by atoms with E-state index in [-0.39, 0.29) is 5.69 Å². The summed E-state index contributed by atoms with van der Waals surface area (Å²) in [7, 11) is 0. The van der Waals surface area contributed by atoms with Crippen LogP contribution in [0.5, 0.6) is 0 Å². The summed E-state index contributed by atoms with van der Waals surface area (Å²) >= 11 is 0. The monoisotopic (exact) mass is 211 g/mol. The van der Waals surface area contributed by atoms with Crippen molar-refractivity contribution in [2.75, 3.05) is 5.73 Å². The molecule has 8 nitrogen and oxygen atoms in total. The molecular weight excluding hydrogens is 206 g/mol. The third-order valence-electron chi connectivity index (χ3n) is 1.60. The Bertz CT molecular complexity index is 431. The highest BCUT2D eigenvalue weighted by Gasteiger charge is 2.24. The molecule has 0 saturated heterocycles. The summed E-state index contributed by atoms with van der Waals surface area (Å²) in [5.74, 6) is -1.25. The van der Waals surface area contributed by atoms with E-state index < -0.39 is 22.1 Å². The molecule has 0 aliphatic rings. The normalized spacial score (nSPS) is 9.33. The molecular formula is C7H5N3O5. The van der Waals surface area contributed by atoms with Crippen LogP contribution in [0.1, 0.15) is 10.4 Å². The third kappa shape index (κ3) is 2.05. The minimum atomic E-state index is -1.25. The molecule has 78 valence electrons. The summed E-state index contributed by atoms with van der Waals surface area (Å²) in [4.78, 5) is 34.2. The van der Waals surface area contributed by atoms with Gasteiger partial charge in [0.05, 0.1) is 10.6 Å². The van der Waals surface area contributed by atoms with Gasteiger partial charge in [0.25, 0.3) is 5.69 Å². The Morgan fingerprint density at radius 1 is 1.53 bits per heavy atom. The number of carbonyl (C=O) groups is 1. The number of hydrogen-bond donors (Lipinski definition) is 1. The van der Waals surface area contributed by atoms with E-state index in [1.807, 2.05) is 5.34 Å². The van der Waals surface area contributed by atoms with Gasteiger partial charge < -0.3 is 5.73 Å². The number of anilines is 1. The first-order chi connectivity index (χ1) is 7.07. The Labute approximate surface area is 82.7 Å². The van der Waals surface area contributed by atoms with Gasteiger partial charge in [-0.05, 0) is 6.07 Å². The Balaban J connectivity index is 3.30. The molecule has 1 aromatic rings. The lowest BCUT2D eigenvalue weighted by molar-refractivity contribution is -0.385. The molecule has 15 heavy (non-hydrogen) atoms. The molecule has 0 radical (unpaired) electrons. The number of nitrogens with two attached hydrogens (primary N) is 1. The summed E-state index contributed by atoms with van der Waals surface area (Å²) < 4.78 is 0. The molecule has 0 saturated carbocycles. The molecule has 0 aliphatic heterocycles. The van der Waals surface area contributed by atoms with Gasteiger partial charge in [0.15, 0.2) is 10.9 Å². The number of nitro groups is 1. The molecule has 0 fully saturated rings. The summed E-state index contributed by atoms with van der Waals surface area (Å²) in [6, 6.07) is 3.64. The van der Waals surface area contributed by atoms with Crippen molar-refractivity contribution in [3.05, 3.63) is 38.8 Å². The predicted octanol–water partition coefficient (Wildman–Crippen LogP) is 1.02. The first-order valence-corrected chi connectivity index (χ1v) is 3.64. The van der Waals surface area contributed by atoms with Crippen molar-refractivity contribution in [2.24, 2.45) is 5.34 Å². The van der Waals surface area contributed by atoms with Crippen molar-refractivity contribution < 1.29 is 14.6 Å². The molecule has 0 atom stereocenters. The van der Waals surface area contributed by atoms with Crippen LogP contribution in [0.3, 0.4) is 0 Å².